The van der Waals surface area contributed by atoms with Gasteiger partial charge in [-0.05, 0) is 73.4 Å². The highest BCUT2D eigenvalue weighted by Gasteiger charge is 2.07. The molecule has 43 heavy (non-hydrogen) atoms. The smallest absolute Gasteiger partial charge is 0.0416 e. The van der Waals surface area contributed by atoms with Gasteiger partial charge in [0.05, 0.1) is 0 Å². The van der Waals surface area contributed by atoms with Crippen LogP contribution >= 0.6 is 0 Å². The van der Waals surface area contributed by atoms with E-state index >= 15 is 0 Å². The predicted molar refractivity (Wildman–Crippen MR) is 195 cm³/mol. The van der Waals surface area contributed by atoms with Gasteiger partial charge in [0.15, 0.2) is 0 Å². The molecule has 0 unspecified atom stereocenters. The zero-order valence-corrected chi connectivity index (χ0v) is 29.1. The summed E-state index contributed by atoms with van der Waals surface area (Å²) in [6.07, 6.45) is 36.9. The molecule has 0 saturated heterocycles. The molecule has 1 nitrogen and oxygen atoms in total. The van der Waals surface area contributed by atoms with Crippen LogP contribution in [0.1, 0.15) is 192 Å². The third kappa shape index (κ3) is 19.3. The van der Waals surface area contributed by atoms with E-state index in [2.05, 4.69) is 68.6 Å². The van der Waals surface area contributed by atoms with Gasteiger partial charge in [-0.2, -0.15) is 0 Å². The SMILES string of the molecule is CCCCCCCCCCc1cc(CCCCCCCCCC)cc(Nc2ccccc2CCCCCCCCCC)c1. The van der Waals surface area contributed by atoms with E-state index in [4.69, 9.17) is 0 Å². The van der Waals surface area contributed by atoms with E-state index in [9.17, 15) is 0 Å². The van der Waals surface area contributed by atoms with Crippen LogP contribution in [0.25, 0.3) is 0 Å². The highest BCUT2D eigenvalue weighted by Crippen LogP contribution is 2.26. The zero-order valence-electron chi connectivity index (χ0n) is 29.1. The van der Waals surface area contributed by atoms with Crippen molar-refractivity contribution in [3.05, 3.63) is 59.2 Å². The fourth-order valence-electron chi connectivity index (χ4n) is 6.51. The number of hydrogen-bond acceptors (Lipinski definition) is 1. The zero-order chi connectivity index (χ0) is 30.6. The molecule has 1 heteroatoms. The third-order valence-corrected chi connectivity index (χ3v) is 9.29. The number of anilines is 2. The van der Waals surface area contributed by atoms with Gasteiger partial charge >= 0.3 is 0 Å². The predicted octanol–water partition coefficient (Wildman–Crippen LogP) is 14.5. The first-order valence-corrected chi connectivity index (χ1v) is 19.2. The Morgan fingerprint density at radius 1 is 0.395 bits per heavy atom. The van der Waals surface area contributed by atoms with Crippen LogP contribution in [0.5, 0.6) is 0 Å². The monoisotopic (exact) mass is 590 g/mol. The maximum atomic E-state index is 3.89. The number of hydrogen-bond donors (Lipinski definition) is 1. The van der Waals surface area contributed by atoms with Crippen LogP contribution in [-0.2, 0) is 19.3 Å². The van der Waals surface area contributed by atoms with Crippen LogP contribution in [0.3, 0.4) is 0 Å². The highest BCUT2D eigenvalue weighted by atomic mass is 14.9. The second kappa shape index (κ2) is 26.6. The standard InChI is InChI=1S/C42H71N/c1-4-7-10-13-16-19-22-25-30-38-35-39(31-26-23-20-17-14-11-8-5-2)37-41(36-38)43-42-34-29-28-33-40(42)32-27-24-21-18-15-12-9-6-3/h28-29,33-37,43H,4-27,30-32H2,1-3H3. The van der Waals surface area contributed by atoms with Crippen molar-refractivity contribution in [2.24, 2.45) is 0 Å². The van der Waals surface area contributed by atoms with Crippen LogP contribution in [0.15, 0.2) is 42.5 Å². The van der Waals surface area contributed by atoms with Gasteiger partial charge in [-0.25, -0.2) is 0 Å². The minimum atomic E-state index is 1.18. The van der Waals surface area contributed by atoms with Crippen molar-refractivity contribution in [2.75, 3.05) is 5.32 Å². The summed E-state index contributed by atoms with van der Waals surface area (Å²) in [6.45, 7) is 6.92. The highest BCUT2D eigenvalue weighted by molar-refractivity contribution is 5.64. The molecular weight excluding hydrogens is 518 g/mol. The molecule has 0 saturated carbocycles. The summed E-state index contributed by atoms with van der Waals surface area (Å²) in [5.41, 5.74) is 7.16. The molecule has 1 N–H and O–H groups in total. The Morgan fingerprint density at radius 2 is 0.767 bits per heavy atom. The summed E-state index contributed by atoms with van der Waals surface area (Å²) in [6, 6.07) is 16.5. The van der Waals surface area contributed by atoms with Crippen molar-refractivity contribution in [3.8, 4) is 0 Å². The van der Waals surface area contributed by atoms with Crippen LogP contribution in [0, 0.1) is 0 Å². The topological polar surface area (TPSA) is 12.0 Å². The van der Waals surface area contributed by atoms with Gasteiger partial charge in [0, 0.05) is 11.4 Å². The number of unbranched alkanes of at least 4 members (excludes halogenated alkanes) is 21. The lowest BCUT2D eigenvalue weighted by atomic mass is 9.98. The van der Waals surface area contributed by atoms with Gasteiger partial charge in [0.25, 0.3) is 0 Å². The average molecular weight is 590 g/mol. The number of benzene rings is 2. The van der Waals surface area contributed by atoms with Gasteiger partial charge in [-0.3, -0.25) is 0 Å². The lowest BCUT2D eigenvalue weighted by molar-refractivity contribution is 0.574. The number of nitrogens with one attached hydrogen (secondary N) is 1. The summed E-state index contributed by atoms with van der Waals surface area (Å²) in [7, 11) is 0. The first kappa shape index (κ1) is 37.4. The molecule has 2 aromatic carbocycles. The second-order valence-corrected chi connectivity index (χ2v) is 13.5. The molecule has 0 atom stereocenters. The molecule has 0 spiro atoms. The van der Waals surface area contributed by atoms with Crippen LogP contribution < -0.4 is 5.32 Å². The molecule has 0 aromatic heterocycles. The van der Waals surface area contributed by atoms with Crippen molar-refractivity contribution >= 4 is 11.4 Å². The van der Waals surface area contributed by atoms with E-state index in [0.717, 1.165) is 0 Å². The fourth-order valence-corrected chi connectivity index (χ4v) is 6.51. The number of para-hydroxylation sites is 1. The van der Waals surface area contributed by atoms with E-state index in [0.29, 0.717) is 0 Å². The van der Waals surface area contributed by atoms with Crippen LogP contribution in [0.4, 0.5) is 11.4 Å². The van der Waals surface area contributed by atoms with Gasteiger partial charge in [-0.1, -0.05) is 180 Å². The maximum absolute atomic E-state index is 3.89. The van der Waals surface area contributed by atoms with Crippen molar-refractivity contribution in [1.29, 1.82) is 0 Å². The van der Waals surface area contributed by atoms with E-state index in [-0.39, 0.29) is 0 Å². The molecule has 244 valence electrons. The first-order chi connectivity index (χ1) is 21.3. The summed E-state index contributed by atoms with van der Waals surface area (Å²) in [4.78, 5) is 0. The first-order valence-electron chi connectivity index (χ1n) is 19.2. The molecule has 0 fully saturated rings. The number of aryl methyl sites for hydroxylation is 3. The Labute approximate surface area is 269 Å². The molecule has 0 aliphatic carbocycles. The van der Waals surface area contributed by atoms with E-state index in [1.165, 1.54) is 201 Å². The summed E-state index contributed by atoms with van der Waals surface area (Å²) in [5, 5.41) is 3.89. The lowest BCUT2D eigenvalue weighted by Crippen LogP contribution is -1.99. The molecule has 0 radical (unpaired) electrons. The summed E-state index contributed by atoms with van der Waals surface area (Å²) < 4.78 is 0. The third-order valence-electron chi connectivity index (χ3n) is 9.29. The molecule has 0 amide bonds. The van der Waals surface area contributed by atoms with Crippen molar-refractivity contribution in [1.82, 2.24) is 0 Å². The Bertz CT molecular complexity index is 861. The summed E-state index contributed by atoms with van der Waals surface area (Å²) in [5.74, 6) is 0. The van der Waals surface area contributed by atoms with Gasteiger partial charge < -0.3 is 5.32 Å². The molecule has 0 aliphatic heterocycles. The second-order valence-electron chi connectivity index (χ2n) is 13.5. The normalized spacial score (nSPS) is 11.3. The largest absolute Gasteiger partial charge is 0.355 e. The molecule has 2 rings (SSSR count). The molecular formula is C42H71N. The fraction of sp³-hybridized carbons (Fsp3) is 0.714. The molecule has 0 bridgehead atoms. The van der Waals surface area contributed by atoms with Crippen LogP contribution in [0.2, 0.25) is 0 Å². The minimum Gasteiger partial charge on any atom is -0.355 e. The van der Waals surface area contributed by atoms with E-state index < -0.39 is 0 Å². The Balaban J connectivity index is 1.92. The van der Waals surface area contributed by atoms with E-state index in [1.807, 2.05) is 0 Å². The molecule has 2 aromatic rings. The maximum Gasteiger partial charge on any atom is 0.0416 e. The van der Waals surface area contributed by atoms with Crippen molar-refractivity contribution in [3.63, 3.8) is 0 Å². The quantitative estimate of drug-likeness (QED) is 0.0931. The van der Waals surface area contributed by atoms with E-state index in [1.54, 1.807) is 0 Å². The van der Waals surface area contributed by atoms with Gasteiger partial charge in [0.1, 0.15) is 0 Å². The Kier molecular flexibility index (Phi) is 23.2. The Hall–Kier alpha value is -1.76. The van der Waals surface area contributed by atoms with Crippen LogP contribution in [-0.4, -0.2) is 0 Å². The van der Waals surface area contributed by atoms with Crippen molar-refractivity contribution < 1.29 is 0 Å². The Morgan fingerprint density at radius 3 is 1.21 bits per heavy atom. The average Bonchev–Trinajstić information content (AvgIpc) is 3.02. The van der Waals surface area contributed by atoms with Gasteiger partial charge in [-0.15, -0.1) is 0 Å². The molecule has 0 aliphatic rings. The summed E-state index contributed by atoms with van der Waals surface area (Å²) >= 11 is 0. The number of rotatable bonds is 29. The van der Waals surface area contributed by atoms with Gasteiger partial charge in [0.2, 0.25) is 0 Å². The minimum absolute atomic E-state index is 1.18. The lowest BCUT2D eigenvalue weighted by Gasteiger charge is -2.15. The molecule has 0 heterocycles. The van der Waals surface area contributed by atoms with Crippen molar-refractivity contribution in [2.45, 2.75) is 194 Å².